The van der Waals surface area contributed by atoms with Crippen molar-refractivity contribution >= 4 is 66.8 Å². The van der Waals surface area contributed by atoms with Crippen LogP contribution in [0.4, 0.5) is 0 Å². The van der Waals surface area contributed by atoms with Crippen molar-refractivity contribution in [3.05, 3.63) is 84.7 Å². The van der Waals surface area contributed by atoms with Crippen LogP contribution in [0.3, 0.4) is 0 Å². The van der Waals surface area contributed by atoms with Gasteiger partial charge >= 0.3 is 0 Å². The molecule has 1 aliphatic heterocycles. The van der Waals surface area contributed by atoms with E-state index in [9.17, 15) is 4.79 Å². The smallest absolute Gasteiger partial charge is 0.186 e. The highest BCUT2D eigenvalue weighted by atomic mass is 79.9. The first-order chi connectivity index (χ1) is 16.0. The van der Waals surface area contributed by atoms with Crippen LogP contribution in [0.25, 0.3) is 17.0 Å². The number of hydrogen-bond donors (Lipinski definition) is 1. The quantitative estimate of drug-likeness (QED) is 0.292. The Morgan fingerprint density at radius 1 is 1.15 bits per heavy atom. The van der Waals surface area contributed by atoms with Gasteiger partial charge < -0.3 is 4.57 Å². The van der Waals surface area contributed by atoms with Crippen molar-refractivity contribution in [1.82, 2.24) is 14.8 Å². The highest BCUT2D eigenvalue weighted by Crippen LogP contribution is 2.42. The van der Waals surface area contributed by atoms with E-state index in [1.54, 1.807) is 0 Å². The molecule has 0 bridgehead atoms. The Hall–Kier alpha value is -2.55. The molecule has 0 saturated carbocycles. The maximum Gasteiger partial charge on any atom is 0.186 e. The molecule has 2 aromatic heterocycles. The Morgan fingerprint density at radius 3 is 2.64 bits per heavy atom. The van der Waals surface area contributed by atoms with Crippen LogP contribution in [0.15, 0.2) is 57.9 Å². The number of aromatic nitrogens is 3. The molecule has 1 atom stereocenters. The zero-order valence-electron chi connectivity index (χ0n) is 18.1. The molecule has 0 amide bonds. The largest absolute Gasteiger partial charge is 0.340 e. The number of hydrogen-bond acceptors (Lipinski definition) is 6. The summed E-state index contributed by atoms with van der Waals surface area (Å²) in [4.78, 5) is 13.9. The molecule has 1 aliphatic rings. The molecule has 0 unspecified atom stereocenters. The third-order valence-corrected chi connectivity index (χ3v) is 8.48. The maximum atomic E-state index is 13.3. The average Bonchev–Trinajstić information content (AvgIpc) is 3.47. The summed E-state index contributed by atoms with van der Waals surface area (Å²) in [6, 6.07) is 16.6. The number of thioether (sulfide) groups is 1. The summed E-state index contributed by atoms with van der Waals surface area (Å²) < 4.78 is 3.34. The van der Waals surface area contributed by atoms with Gasteiger partial charge in [-0.05, 0) is 43.2 Å². The van der Waals surface area contributed by atoms with Crippen molar-refractivity contribution in [2.45, 2.75) is 32.7 Å². The van der Waals surface area contributed by atoms with Gasteiger partial charge in [0.15, 0.2) is 5.78 Å². The number of ketones is 1. The van der Waals surface area contributed by atoms with Crippen molar-refractivity contribution in [2.75, 3.05) is 0 Å². The zero-order chi connectivity index (χ0) is 23.1. The van der Waals surface area contributed by atoms with Gasteiger partial charge in [0.1, 0.15) is 15.9 Å². The fourth-order valence-electron chi connectivity index (χ4n) is 4.09. The molecule has 5 nitrogen and oxygen atoms in total. The van der Waals surface area contributed by atoms with Gasteiger partial charge in [-0.25, -0.2) is 0 Å². The predicted octanol–water partition coefficient (Wildman–Crippen LogP) is 6.59. The lowest BCUT2D eigenvalue weighted by Crippen LogP contribution is -2.11. The summed E-state index contributed by atoms with van der Waals surface area (Å²) in [7, 11) is 0. The number of carbonyl (C=O) groups is 1. The highest BCUT2D eigenvalue weighted by molar-refractivity contribution is 9.10. The molecule has 1 saturated heterocycles. The van der Waals surface area contributed by atoms with Crippen LogP contribution in [0.1, 0.15) is 39.7 Å². The van der Waals surface area contributed by atoms with Gasteiger partial charge in [0.25, 0.3) is 0 Å². The van der Waals surface area contributed by atoms with Crippen molar-refractivity contribution in [1.29, 1.82) is 5.41 Å². The van der Waals surface area contributed by atoms with Crippen molar-refractivity contribution < 1.29 is 4.79 Å². The second kappa shape index (κ2) is 9.00. The Labute approximate surface area is 208 Å². The Morgan fingerprint density at radius 2 is 1.91 bits per heavy atom. The molecule has 3 heterocycles. The lowest BCUT2D eigenvalue weighted by Gasteiger charge is -2.09. The van der Waals surface area contributed by atoms with Crippen molar-refractivity contribution in [2.24, 2.45) is 0 Å². The van der Waals surface area contributed by atoms with E-state index < -0.39 is 5.92 Å². The number of Topliss-reactive ketones (excluding diaryl/α,β-unsaturated/α-hetero) is 1. The van der Waals surface area contributed by atoms with Gasteiger partial charge in [-0.1, -0.05) is 64.9 Å². The Balaban J connectivity index is 1.55. The minimum atomic E-state index is -0.629. The predicted molar refractivity (Wildman–Crippen MR) is 140 cm³/mol. The highest BCUT2D eigenvalue weighted by Gasteiger charge is 2.39. The van der Waals surface area contributed by atoms with Crippen LogP contribution in [0, 0.1) is 12.3 Å². The molecular formula is C25H21BrN4OS2. The van der Waals surface area contributed by atoms with Crippen LogP contribution in [0.5, 0.6) is 0 Å². The molecule has 5 rings (SSSR count). The van der Waals surface area contributed by atoms with Crippen molar-refractivity contribution in [3.8, 4) is 0 Å². The molecule has 1 N–H and O–H groups in total. The van der Waals surface area contributed by atoms with Crippen molar-refractivity contribution in [3.63, 3.8) is 0 Å². The molecule has 0 radical (unpaired) electrons. The third kappa shape index (κ3) is 4.11. The van der Waals surface area contributed by atoms with Crippen LogP contribution < -0.4 is 0 Å². The fourth-order valence-corrected chi connectivity index (χ4v) is 6.29. The number of para-hydroxylation sites is 1. The van der Waals surface area contributed by atoms with Crippen LogP contribution >= 0.6 is 39.0 Å². The fraction of sp³-hybridized carbons (Fsp3) is 0.200. The van der Waals surface area contributed by atoms with E-state index in [1.807, 2.05) is 25.1 Å². The SMILES string of the molecule is CCc1nnc([C@@H]2C(=N)S/C(=C\c3c(C)n(Cc4ccc(Br)cc4)c4ccccc34)C2=O)s1. The van der Waals surface area contributed by atoms with E-state index in [0.717, 1.165) is 44.6 Å². The van der Waals surface area contributed by atoms with Crippen LogP contribution in [0.2, 0.25) is 0 Å². The van der Waals surface area contributed by atoms with E-state index in [4.69, 9.17) is 5.41 Å². The second-order valence-corrected chi connectivity index (χ2v) is 11.0. The molecule has 33 heavy (non-hydrogen) atoms. The molecule has 0 spiro atoms. The molecular weight excluding hydrogens is 516 g/mol. The number of halogens is 1. The van der Waals surface area contributed by atoms with Gasteiger partial charge in [0, 0.05) is 33.2 Å². The summed E-state index contributed by atoms with van der Waals surface area (Å²) in [5.74, 6) is -0.691. The average molecular weight is 538 g/mol. The Bertz CT molecular complexity index is 1420. The van der Waals surface area contributed by atoms with Gasteiger partial charge in [-0.2, -0.15) is 0 Å². The number of fused-ring (bicyclic) bond motifs is 1. The summed E-state index contributed by atoms with van der Waals surface area (Å²) in [6.45, 7) is 4.85. The first-order valence-electron chi connectivity index (χ1n) is 10.6. The number of allylic oxidation sites excluding steroid dienone is 1. The minimum absolute atomic E-state index is 0.0621. The number of aryl methyl sites for hydroxylation is 1. The minimum Gasteiger partial charge on any atom is -0.340 e. The van der Waals surface area contributed by atoms with E-state index in [0.29, 0.717) is 15.0 Å². The summed E-state index contributed by atoms with van der Waals surface area (Å²) in [5, 5.41) is 19.7. The van der Waals surface area contributed by atoms with Gasteiger partial charge in [0.2, 0.25) is 0 Å². The summed E-state index contributed by atoms with van der Waals surface area (Å²) >= 11 is 6.17. The number of nitrogens with zero attached hydrogens (tertiary/aromatic N) is 3. The van der Waals surface area contributed by atoms with Crippen LogP contribution in [-0.4, -0.2) is 25.6 Å². The van der Waals surface area contributed by atoms with E-state index >= 15 is 0 Å². The zero-order valence-corrected chi connectivity index (χ0v) is 21.4. The molecule has 166 valence electrons. The molecule has 0 aliphatic carbocycles. The number of carbonyl (C=O) groups excluding carboxylic acids is 1. The first kappa shape index (κ1) is 22.3. The number of rotatable bonds is 5. The van der Waals surface area contributed by atoms with Gasteiger partial charge in [-0.15, -0.1) is 21.5 Å². The lowest BCUT2D eigenvalue weighted by atomic mass is 10.0. The standard InChI is InChI=1S/C25H21BrN4OS2/c1-3-21-28-29-25(33-21)22-23(31)20(32-24(22)27)12-18-14(2)30(19-7-5-4-6-17(18)19)13-15-8-10-16(26)11-9-15/h4-12,22,27H,3,13H2,1-2H3/b20-12-,27-24?/t22-/m0/s1. The third-order valence-electron chi connectivity index (χ3n) is 5.83. The summed E-state index contributed by atoms with van der Waals surface area (Å²) in [5.41, 5.74) is 4.46. The second-order valence-electron chi connectivity index (χ2n) is 7.89. The van der Waals surface area contributed by atoms with E-state index in [1.165, 1.54) is 28.7 Å². The van der Waals surface area contributed by atoms with E-state index in [2.05, 4.69) is 74.0 Å². The van der Waals surface area contributed by atoms with E-state index in [-0.39, 0.29) is 5.78 Å². The van der Waals surface area contributed by atoms with Gasteiger partial charge in [0.05, 0.1) is 9.95 Å². The monoisotopic (exact) mass is 536 g/mol. The van der Waals surface area contributed by atoms with Gasteiger partial charge in [-0.3, -0.25) is 10.2 Å². The normalized spacial score (nSPS) is 17.5. The molecule has 1 fully saturated rings. The molecule has 4 aromatic rings. The number of nitrogens with one attached hydrogen (secondary N) is 1. The molecule has 8 heteroatoms. The summed E-state index contributed by atoms with van der Waals surface area (Å²) in [6.07, 6.45) is 2.73. The lowest BCUT2D eigenvalue weighted by molar-refractivity contribution is -0.114. The Kier molecular flexibility index (Phi) is 6.07. The molecule has 2 aromatic carbocycles. The number of benzene rings is 2. The van der Waals surface area contributed by atoms with Crippen LogP contribution in [-0.2, 0) is 17.8 Å². The topological polar surface area (TPSA) is 71.6 Å². The maximum absolute atomic E-state index is 13.3. The first-order valence-corrected chi connectivity index (χ1v) is 13.1.